The third-order valence-corrected chi connectivity index (χ3v) is 2.91. The predicted octanol–water partition coefficient (Wildman–Crippen LogP) is 2.13. The van der Waals surface area contributed by atoms with Crippen LogP contribution in [-0.2, 0) is 13.6 Å². The zero-order chi connectivity index (χ0) is 11.8. The fraction of sp³-hybridized carbons (Fsp3) is 0.231. The molecule has 17 heavy (non-hydrogen) atoms. The van der Waals surface area contributed by atoms with Crippen molar-refractivity contribution in [1.29, 1.82) is 0 Å². The Morgan fingerprint density at radius 2 is 2.12 bits per heavy atom. The molecule has 2 heterocycles. The second kappa shape index (κ2) is 3.73. The smallest absolute Gasteiger partial charge is 0.102 e. The van der Waals surface area contributed by atoms with E-state index in [0.717, 1.165) is 12.2 Å². The van der Waals surface area contributed by atoms with Crippen LogP contribution in [0.25, 0.3) is 10.9 Å². The highest BCUT2D eigenvalue weighted by Gasteiger charge is 2.04. The second-order valence-corrected chi connectivity index (χ2v) is 4.39. The average Bonchev–Trinajstić information content (AvgIpc) is 2.86. The summed E-state index contributed by atoms with van der Waals surface area (Å²) in [6.07, 6.45) is 4.04. The fourth-order valence-corrected chi connectivity index (χ4v) is 2.10. The van der Waals surface area contributed by atoms with E-state index >= 15 is 0 Å². The molecule has 0 bridgehead atoms. The van der Waals surface area contributed by atoms with Crippen molar-refractivity contribution in [2.75, 3.05) is 0 Å². The van der Waals surface area contributed by atoms with Gasteiger partial charge in [-0.3, -0.25) is 4.68 Å². The van der Waals surface area contributed by atoms with Crippen molar-refractivity contribution in [2.24, 2.45) is 7.05 Å². The molecular weight excluding hydrogens is 212 g/mol. The van der Waals surface area contributed by atoms with E-state index < -0.39 is 0 Å². The summed E-state index contributed by atoms with van der Waals surface area (Å²) in [5.41, 5.74) is 3.50. The van der Waals surface area contributed by atoms with Crippen LogP contribution < -0.4 is 0 Å². The van der Waals surface area contributed by atoms with Gasteiger partial charge in [0.15, 0.2) is 0 Å². The summed E-state index contributed by atoms with van der Waals surface area (Å²) in [5, 5.41) is 9.32. The SMILES string of the molecule is Cc1ccc2c(ccn2Cc2cn(C)nn2)c1. The third kappa shape index (κ3) is 1.82. The van der Waals surface area contributed by atoms with Gasteiger partial charge in [0, 0.05) is 25.0 Å². The highest BCUT2D eigenvalue weighted by molar-refractivity contribution is 5.80. The van der Waals surface area contributed by atoms with Crippen molar-refractivity contribution in [1.82, 2.24) is 19.6 Å². The molecule has 0 N–H and O–H groups in total. The number of aromatic nitrogens is 4. The van der Waals surface area contributed by atoms with Gasteiger partial charge in [0.2, 0.25) is 0 Å². The molecular formula is C13H14N4. The Morgan fingerprint density at radius 1 is 1.24 bits per heavy atom. The van der Waals surface area contributed by atoms with Gasteiger partial charge in [-0.2, -0.15) is 0 Å². The van der Waals surface area contributed by atoms with Gasteiger partial charge in [-0.15, -0.1) is 5.10 Å². The first kappa shape index (κ1) is 10.1. The van der Waals surface area contributed by atoms with Crippen LogP contribution in [0.4, 0.5) is 0 Å². The maximum atomic E-state index is 4.11. The Hall–Kier alpha value is -2.10. The van der Waals surface area contributed by atoms with Crippen LogP contribution in [0.15, 0.2) is 36.7 Å². The summed E-state index contributed by atoms with van der Waals surface area (Å²) in [4.78, 5) is 0. The summed E-state index contributed by atoms with van der Waals surface area (Å²) in [6, 6.07) is 8.62. The minimum absolute atomic E-state index is 0.764. The molecule has 86 valence electrons. The topological polar surface area (TPSA) is 35.6 Å². The molecule has 0 aliphatic carbocycles. The second-order valence-electron chi connectivity index (χ2n) is 4.39. The number of aryl methyl sites for hydroxylation is 2. The molecule has 2 aromatic heterocycles. The number of benzene rings is 1. The zero-order valence-electron chi connectivity index (χ0n) is 9.96. The molecule has 0 amide bonds. The first-order valence-corrected chi connectivity index (χ1v) is 5.63. The summed E-state index contributed by atoms with van der Waals surface area (Å²) in [7, 11) is 1.88. The fourth-order valence-electron chi connectivity index (χ4n) is 2.10. The Labute approximate surface area is 99.5 Å². The van der Waals surface area contributed by atoms with Crippen molar-refractivity contribution in [3.8, 4) is 0 Å². The highest BCUT2D eigenvalue weighted by Crippen LogP contribution is 2.18. The van der Waals surface area contributed by atoms with Crippen LogP contribution in [0.3, 0.4) is 0 Å². The summed E-state index contributed by atoms with van der Waals surface area (Å²) in [5.74, 6) is 0. The highest BCUT2D eigenvalue weighted by atomic mass is 15.4. The van der Waals surface area contributed by atoms with E-state index in [2.05, 4.69) is 52.3 Å². The Morgan fingerprint density at radius 3 is 2.88 bits per heavy atom. The van der Waals surface area contributed by atoms with Gasteiger partial charge in [-0.1, -0.05) is 16.8 Å². The number of hydrogen-bond donors (Lipinski definition) is 0. The molecule has 0 atom stereocenters. The molecule has 4 nitrogen and oxygen atoms in total. The average molecular weight is 226 g/mol. The molecule has 0 saturated heterocycles. The normalized spacial score (nSPS) is 11.2. The molecule has 0 saturated carbocycles. The number of fused-ring (bicyclic) bond motifs is 1. The molecule has 1 aromatic carbocycles. The Bertz CT molecular complexity index is 663. The van der Waals surface area contributed by atoms with Crippen LogP contribution in [-0.4, -0.2) is 19.6 Å². The lowest BCUT2D eigenvalue weighted by Crippen LogP contribution is -1.98. The lowest BCUT2D eigenvalue weighted by Gasteiger charge is -2.02. The lowest BCUT2D eigenvalue weighted by molar-refractivity contribution is 0.711. The molecule has 4 heteroatoms. The minimum atomic E-state index is 0.764. The van der Waals surface area contributed by atoms with Crippen LogP contribution in [0.1, 0.15) is 11.3 Å². The van der Waals surface area contributed by atoms with Crippen molar-refractivity contribution in [3.63, 3.8) is 0 Å². The molecule has 0 fully saturated rings. The zero-order valence-corrected chi connectivity index (χ0v) is 9.96. The predicted molar refractivity (Wildman–Crippen MR) is 66.8 cm³/mol. The van der Waals surface area contributed by atoms with Gasteiger partial charge in [0.25, 0.3) is 0 Å². The van der Waals surface area contributed by atoms with Crippen LogP contribution in [0, 0.1) is 6.92 Å². The van der Waals surface area contributed by atoms with E-state index in [4.69, 9.17) is 0 Å². The van der Waals surface area contributed by atoms with Crippen LogP contribution >= 0.6 is 0 Å². The Kier molecular flexibility index (Phi) is 2.21. The first-order chi connectivity index (χ1) is 8.22. The monoisotopic (exact) mass is 226 g/mol. The van der Waals surface area contributed by atoms with Gasteiger partial charge >= 0.3 is 0 Å². The molecule has 0 radical (unpaired) electrons. The van der Waals surface area contributed by atoms with Crippen molar-refractivity contribution in [3.05, 3.63) is 47.9 Å². The van der Waals surface area contributed by atoms with Crippen molar-refractivity contribution >= 4 is 10.9 Å². The van der Waals surface area contributed by atoms with Gasteiger partial charge in [0.05, 0.1) is 6.54 Å². The standard InChI is InChI=1S/C13H14N4/c1-10-3-4-13-11(7-10)5-6-17(13)9-12-8-16(2)15-14-12/h3-8H,9H2,1-2H3. The van der Waals surface area contributed by atoms with E-state index in [1.165, 1.54) is 16.5 Å². The van der Waals surface area contributed by atoms with Gasteiger partial charge in [-0.25, -0.2) is 0 Å². The number of hydrogen-bond acceptors (Lipinski definition) is 2. The quantitative estimate of drug-likeness (QED) is 0.671. The lowest BCUT2D eigenvalue weighted by atomic mass is 10.2. The summed E-state index contributed by atoms with van der Waals surface area (Å²) in [6.45, 7) is 2.87. The molecule has 3 rings (SSSR count). The van der Waals surface area contributed by atoms with E-state index in [-0.39, 0.29) is 0 Å². The maximum Gasteiger partial charge on any atom is 0.102 e. The third-order valence-electron chi connectivity index (χ3n) is 2.91. The molecule has 0 aliphatic heterocycles. The summed E-state index contributed by atoms with van der Waals surface area (Å²) < 4.78 is 3.92. The van der Waals surface area contributed by atoms with Gasteiger partial charge < -0.3 is 4.57 Å². The van der Waals surface area contributed by atoms with E-state index in [9.17, 15) is 0 Å². The maximum absolute atomic E-state index is 4.11. The van der Waals surface area contributed by atoms with Crippen molar-refractivity contribution < 1.29 is 0 Å². The molecule has 3 aromatic rings. The van der Waals surface area contributed by atoms with E-state index in [1.54, 1.807) is 4.68 Å². The van der Waals surface area contributed by atoms with E-state index in [0.29, 0.717) is 0 Å². The summed E-state index contributed by atoms with van der Waals surface area (Å²) >= 11 is 0. The largest absolute Gasteiger partial charge is 0.341 e. The molecule has 0 aliphatic rings. The number of rotatable bonds is 2. The first-order valence-electron chi connectivity index (χ1n) is 5.63. The van der Waals surface area contributed by atoms with Crippen LogP contribution in [0.2, 0.25) is 0 Å². The van der Waals surface area contributed by atoms with E-state index in [1.807, 2.05) is 13.2 Å². The minimum Gasteiger partial charge on any atom is -0.341 e. The molecule has 0 unspecified atom stereocenters. The molecule has 0 spiro atoms. The van der Waals surface area contributed by atoms with Gasteiger partial charge in [-0.05, 0) is 30.5 Å². The Balaban J connectivity index is 2.00. The van der Waals surface area contributed by atoms with Crippen molar-refractivity contribution in [2.45, 2.75) is 13.5 Å². The van der Waals surface area contributed by atoms with Gasteiger partial charge in [0.1, 0.15) is 5.69 Å². The van der Waals surface area contributed by atoms with Crippen LogP contribution in [0.5, 0.6) is 0 Å². The number of nitrogens with zero attached hydrogens (tertiary/aromatic N) is 4.